The molecule has 7 heteroatoms. The molecule has 1 fully saturated rings. The summed E-state index contributed by atoms with van der Waals surface area (Å²) in [5.41, 5.74) is 1.67. The van der Waals surface area contributed by atoms with Crippen LogP contribution in [0.1, 0.15) is 12.0 Å². The molecule has 148 valence electrons. The van der Waals surface area contributed by atoms with Crippen molar-refractivity contribution in [3.8, 4) is 17.2 Å². The standard InChI is InChI=1S/C21H24N2O5/c1-14-6-4-5-7-17(14)28-13-20(24)22-15-10-21(25)23(12-15)16-8-9-18(26-2)19(11-16)27-3/h4-9,11,15H,10,12-13H2,1-3H3,(H,22,24)/t15-/m1/s1. The molecule has 0 aromatic heterocycles. The second-order valence-corrected chi connectivity index (χ2v) is 6.57. The second kappa shape index (κ2) is 8.65. The van der Waals surface area contributed by atoms with Gasteiger partial charge in [-0.15, -0.1) is 0 Å². The number of nitrogens with zero attached hydrogens (tertiary/aromatic N) is 1. The average Bonchev–Trinajstić information content (AvgIpc) is 3.06. The van der Waals surface area contributed by atoms with Crippen LogP contribution in [0.4, 0.5) is 5.69 Å². The van der Waals surface area contributed by atoms with E-state index in [9.17, 15) is 9.59 Å². The molecule has 1 atom stereocenters. The Balaban J connectivity index is 1.58. The van der Waals surface area contributed by atoms with Crippen molar-refractivity contribution in [2.24, 2.45) is 0 Å². The van der Waals surface area contributed by atoms with Gasteiger partial charge < -0.3 is 24.4 Å². The Morgan fingerprint density at radius 3 is 2.57 bits per heavy atom. The van der Waals surface area contributed by atoms with E-state index >= 15 is 0 Å². The molecule has 0 aliphatic carbocycles. The lowest BCUT2D eigenvalue weighted by molar-refractivity contribution is -0.123. The van der Waals surface area contributed by atoms with Gasteiger partial charge in [0.05, 0.1) is 20.3 Å². The molecule has 0 unspecified atom stereocenters. The third-order valence-corrected chi connectivity index (χ3v) is 4.62. The number of para-hydroxylation sites is 1. The minimum Gasteiger partial charge on any atom is -0.493 e. The van der Waals surface area contributed by atoms with Crippen LogP contribution in [0, 0.1) is 6.92 Å². The molecule has 7 nitrogen and oxygen atoms in total. The minimum absolute atomic E-state index is 0.0580. The van der Waals surface area contributed by atoms with Gasteiger partial charge in [-0.1, -0.05) is 18.2 Å². The lowest BCUT2D eigenvalue weighted by Crippen LogP contribution is -2.39. The van der Waals surface area contributed by atoms with Gasteiger partial charge in [0.1, 0.15) is 5.75 Å². The smallest absolute Gasteiger partial charge is 0.258 e. The van der Waals surface area contributed by atoms with Crippen LogP contribution >= 0.6 is 0 Å². The van der Waals surface area contributed by atoms with Crippen molar-refractivity contribution in [1.29, 1.82) is 0 Å². The number of amides is 2. The molecular formula is C21H24N2O5. The molecule has 3 rings (SSSR count). The monoisotopic (exact) mass is 384 g/mol. The molecule has 0 saturated carbocycles. The molecule has 0 spiro atoms. The van der Waals surface area contributed by atoms with Crippen molar-refractivity contribution in [2.45, 2.75) is 19.4 Å². The summed E-state index contributed by atoms with van der Waals surface area (Å²) in [4.78, 5) is 26.3. The Morgan fingerprint density at radius 2 is 1.86 bits per heavy atom. The summed E-state index contributed by atoms with van der Waals surface area (Å²) in [6.45, 7) is 2.22. The number of aryl methyl sites for hydroxylation is 1. The fraction of sp³-hybridized carbons (Fsp3) is 0.333. The summed E-state index contributed by atoms with van der Waals surface area (Å²) < 4.78 is 16.1. The molecule has 1 heterocycles. The lowest BCUT2D eigenvalue weighted by atomic mass is 10.2. The zero-order valence-corrected chi connectivity index (χ0v) is 16.2. The van der Waals surface area contributed by atoms with Crippen molar-refractivity contribution in [1.82, 2.24) is 5.32 Å². The molecule has 2 aromatic rings. The number of nitrogens with one attached hydrogen (secondary N) is 1. The van der Waals surface area contributed by atoms with Crippen molar-refractivity contribution in [3.05, 3.63) is 48.0 Å². The van der Waals surface area contributed by atoms with Crippen LogP contribution in [-0.4, -0.2) is 45.2 Å². The van der Waals surface area contributed by atoms with Gasteiger partial charge in [0.25, 0.3) is 5.91 Å². The highest BCUT2D eigenvalue weighted by atomic mass is 16.5. The van der Waals surface area contributed by atoms with Gasteiger partial charge in [0.2, 0.25) is 5.91 Å². The highest BCUT2D eigenvalue weighted by Crippen LogP contribution is 2.33. The van der Waals surface area contributed by atoms with Crippen molar-refractivity contribution >= 4 is 17.5 Å². The van der Waals surface area contributed by atoms with E-state index in [0.29, 0.717) is 29.5 Å². The number of carbonyl (C=O) groups excluding carboxylic acids is 2. The fourth-order valence-electron chi connectivity index (χ4n) is 3.18. The van der Waals surface area contributed by atoms with Crippen LogP contribution < -0.4 is 24.4 Å². The Hall–Kier alpha value is -3.22. The van der Waals surface area contributed by atoms with Crippen LogP contribution in [0.3, 0.4) is 0 Å². The van der Waals surface area contributed by atoms with Crippen LogP contribution in [0.5, 0.6) is 17.2 Å². The number of methoxy groups -OCH3 is 2. The number of hydrogen-bond donors (Lipinski definition) is 1. The third-order valence-electron chi connectivity index (χ3n) is 4.62. The van der Waals surface area contributed by atoms with Gasteiger partial charge in [-0.3, -0.25) is 9.59 Å². The number of benzene rings is 2. The van der Waals surface area contributed by atoms with Crippen molar-refractivity contribution < 1.29 is 23.8 Å². The Labute approximate surface area is 164 Å². The number of hydrogen-bond acceptors (Lipinski definition) is 5. The van der Waals surface area contributed by atoms with E-state index in [1.807, 2.05) is 31.2 Å². The van der Waals surface area contributed by atoms with Crippen LogP contribution in [0.2, 0.25) is 0 Å². The molecular weight excluding hydrogens is 360 g/mol. The summed E-state index contributed by atoms with van der Waals surface area (Å²) in [5, 5.41) is 2.87. The number of ether oxygens (including phenoxy) is 3. The summed E-state index contributed by atoms with van der Waals surface area (Å²) >= 11 is 0. The number of anilines is 1. The SMILES string of the molecule is COc1ccc(N2C[C@H](NC(=O)COc3ccccc3C)CC2=O)cc1OC. The maximum absolute atomic E-state index is 12.4. The molecule has 1 saturated heterocycles. The highest BCUT2D eigenvalue weighted by Gasteiger charge is 2.32. The Kier molecular flexibility index (Phi) is 6.03. The van der Waals surface area contributed by atoms with Crippen LogP contribution in [-0.2, 0) is 9.59 Å². The predicted molar refractivity (Wildman–Crippen MR) is 105 cm³/mol. The van der Waals surface area contributed by atoms with Gasteiger partial charge in [-0.05, 0) is 30.7 Å². The van der Waals surface area contributed by atoms with Gasteiger partial charge in [-0.25, -0.2) is 0 Å². The molecule has 2 amide bonds. The highest BCUT2D eigenvalue weighted by molar-refractivity contribution is 5.97. The van der Waals surface area contributed by atoms with E-state index in [1.54, 1.807) is 37.3 Å². The second-order valence-electron chi connectivity index (χ2n) is 6.57. The molecule has 0 radical (unpaired) electrons. The summed E-state index contributed by atoms with van der Waals surface area (Å²) in [6, 6.07) is 12.5. The minimum atomic E-state index is -0.270. The van der Waals surface area contributed by atoms with E-state index in [-0.39, 0.29) is 30.9 Å². The number of rotatable bonds is 7. The molecule has 1 aliphatic rings. The van der Waals surface area contributed by atoms with Gasteiger partial charge in [-0.2, -0.15) is 0 Å². The average molecular weight is 384 g/mol. The predicted octanol–water partition coefficient (Wildman–Crippen LogP) is 2.31. The largest absolute Gasteiger partial charge is 0.493 e. The zero-order valence-electron chi connectivity index (χ0n) is 16.2. The normalized spacial score (nSPS) is 16.0. The third kappa shape index (κ3) is 4.36. The van der Waals surface area contributed by atoms with E-state index in [4.69, 9.17) is 14.2 Å². The zero-order chi connectivity index (χ0) is 20.1. The lowest BCUT2D eigenvalue weighted by Gasteiger charge is -2.19. The quantitative estimate of drug-likeness (QED) is 0.793. The Bertz CT molecular complexity index is 868. The van der Waals surface area contributed by atoms with E-state index in [1.165, 1.54) is 0 Å². The first-order valence-corrected chi connectivity index (χ1v) is 9.02. The fourth-order valence-corrected chi connectivity index (χ4v) is 3.18. The Morgan fingerprint density at radius 1 is 1.11 bits per heavy atom. The van der Waals surface area contributed by atoms with Crippen LogP contribution in [0.15, 0.2) is 42.5 Å². The maximum Gasteiger partial charge on any atom is 0.258 e. The van der Waals surface area contributed by atoms with Crippen LogP contribution in [0.25, 0.3) is 0 Å². The van der Waals surface area contributed by atoms with E-state index in [0.717, 1.165) is 5.56 Å². The molecule has 0 bridgehead atoms. The maximum atomic E-state index is 12.4. The van der Waals surface area contributed by atoms with Gasteiger partial charge in [0, 0.05) is 24.7 Å². The van der Waals surface area contributed by atoms with Gasteiger partial charge in [0.15, 0.2) is 18.1 Å². The van der Waals surface area contributed by atoms with Crippen molar-refractivity contribution in [2.75, 3.05) is 32.3 Å². The van der Waals surface area contributed by atoms with Gasteiger partial charge >= 0.3 is 0 Å². The summed E-state index contributed by atoms with van der Waals surface area (Å²) in [7, 11) is 3.11. The molecule has 2 aromatic carbocycles. The molecule has 28 heavy (non-hydrogen) atoms. The first-order valence-electron chi connectivity index (χ1n) is 9.02. The van der Waals surface area contributed by atoms with Crippen molar-refractivity contribution in [3.63, 3.8) is 0 Å². The summed E-state index contributed by atoms with van der Waals surface area (Å²) in [6.07, 6.45) is 0.241. The molecule has 1 N–H and O–H groups in total. The van der Waals surface area contributed by atoms with E-state index in [2.05, 4.69) is 5.32 Å². The van der Waals surface area contributed by atoms with E-state index < -0.39 is 0 Å². The molecule has 1 aliphatic heterocycles. The summed E-state index contributed by atoms with van der Waals surface area (Å²) in [5.74, 6) is 1.50. The first kappa shape index (κ1) is 19.5. The topological polar surface area (TPSA) is 77.1 Å². The number of carbonyl (C=O) groups is 2. The first-order chi connectivity index (χ1) is 13.5.